The first-order valence-corrected chi connectivity index (χ1v) is 6.56. The second-order valence-corrected chi connectivity index (χ2v) is 4.75. The summed E-state index contributed by atoms with van der Waals surface area (Å²) in [6.45, 7) is 1.93. The second-order valence-electron chi connectivity index (χ2n) is 4.75. The molecule has 106 valence electrons. The fourth-order valence-electron chi connectivity index (χ4n) is 2.16. The summed E-state index contributed by atoms with van der Waals surface area (Å²) >= 11 is 0. The Bertz CT molecular complexity index is 808. The molecular weight excluding hydrogens is 266 g/mol. The number of aromatic nitrogens is 2. The van der Waals surface area contributed by atoms with Crippen LogP contribution < -0.4 is 10.1 Å². The van der Waals surface area contributed by atoms with Crippen molar-refractivity contribution in [1.82, 2.24) is 9.38 Å². The normalized spacial score (nSPS) is 10.6. The maximum Gasteiger partial charge on any atom is 0.255 e. The van der Waals surface area contributed by atoms with Gasteiger partial charge >= 0.3 is 0 Å². The van der Waals surface area contributed by atoms with E-state index >= 15 is 0 Å². The lowest BCUT2D eigenvalue weighted by Gasteiger charge is -2.07. The average Bonchev–Trinajstić information content (AvgIpc) is 2.86. The van der Waals surface area contributed by atoms with Crippen LogP contribution in [0, 0.1) is 6.92 Å². The van der Waals surface area contributed by atoms with Crippen molar-refractivity contribution < 1.29 is 9.53 Å². The minimum absolute atomic E-state index is 0.176. The molecule has 1 N–H and O–H groups in total. The van der Waals surface area contributed by atoms with Crippen molar-refractivity contribution in [2.24, 2.45) is 0 Å². The Kier molecular flexibility index (Phi) is 3.31. The first-order valence-electron chi connectivity index (χ1n) is 6.56. The van der Waals surface area contributed by atoms with Crippen LogP contribution in [0.3, 0.4) is 0 Å². The largest absolute Gasteiger partial charge is 0.497 e. The average molecular weight is 281 g/mol. The molecule has 3 rings (SSSR count). The topological polar surface area (TPSA) is 55.6 Å². The van der Waals surface area contributed by atoms with E-state index < -0.39 is 0 Å². The summed E-state index contributed by atoms with van der Waals surface area (Å²) in [7, 11) is 1.58. The highest BCUT2D eigenvalue weighted by molar-refractivity contribution is 6.04. The third-order valence-corrected chi connectivity index (χ3v) is 3.16. The van der Waals surface area contributed by atoms with E-state index in [1.807, 2.05) is 35.9 Å². The molecule has 1 amide bonds. The molecule has 0 aliphatic rings. The second kappa shape index (κ2) is 5.28. The van der Waals surface area contributed by atoms with Gasteiger partial charge in [0.2, 0.25) is 0 Å². The van der Waals surface area contributed by atoms with Crippen molar-refractivity contribution >= 4 is 17.2 Å². The van der Waals surface area contributed by atoms with Crippen LogP contribution in [0.4, 0.5) is 5.69 Å². The highest BCUT2D eigenvalue weighted by atomic mass is 16.5. The molecule has 2 aromatic heterocycles. The summed E-state index contributed by atoms with van der Waals surface area (Å²) in [5.74, 6) is 0.480. The summed E-state index contributed by atoms with van der Waals surface area (Å²) < 4.78 is 7.01. The van der Waals surface area contributed by atoms with Crippen molar-refractivity contribution in [3.63, 3.8) is 0 Å². The zero-order chi connectivity index (χ0) is 14.8. The van der Waals surface area contributed by atoms with Gasteiger partial charge in [0.05, 0.1) is 18.5 Å². The third kappa shape index (κ3) is 2.72. The molecule has 0 atom stereocenters. The molecule has 0 aliphatic heterocycles. The van der Waals surface area contributed by atoms with Gasteiger partial charge in [-0.3, -0.25) is 4.79 Å². The number of carbonyl (C=O) groups is 1. The van der Waals surface area contributed by atoms with Gasteiger partial charge in [-0.25, -0.2) is 4.98 Å². The lowest BCUT2D eigenvalue weighted by atomic mass is 10.2. The van der Waals surface area contributed by atoms with Crippen LogP contribution in [0.2, 0.25) is 0 Å². The summed E-state index contributed by atoms with van der Waals surface area (Å²) in [5.41, 5.74) is 3.06. The predicted octanol–water partition coefficient (Wildman–Crippen LogP) is 2.90. The zero-order valence-corrected chi connectivity index (χ0v) is 11.8. The monoisotopic (exact) mass is 281 g/mol. The predicted molar refractivity (Wildman–Crippen MR) is 80.9 cm³/mol. The van der Waals surface area contributed by atoms with Gasteiger partial charge in [0.1, 0.15) is 11.4 Å². The quantitative estimate of drug-likeness (QED) is 0.803. The van der Waals surface area contributed by atoms with Crippen molar-refractivity contribution in [1.29, 1.82) is 0 Å². The molecule has 5 nitrogen and oxygen atoms in total. The van der Waals surface area contributed by atoms with Crippen molar-refractivity contribution in [2.75, 3.05) is 12.4 Å². The van der Waals surface area contributed by atoms with Crippen LogP contribution in [0.5, 0.6) is 5.75 Å². The number of pyridine rings is 1. The number of fused-ring (bicyclic) bond motifs is 1. The minimum atomic E-state index is -0.176. The molecule has 5 heteroatoms. The number of nitrogens with zero attached hydrogens (tertiary/aromatic N) is 2. The maximum atomic E-state index is 12.2. The number of hydrogen-bond donors (Lipinski definition) is 1. The van der Waals surface area contributed by atoms with Crippen molar-refractivity contribution in [3.8, 4) is 5.75 Å². The van der Waals surface area contributed by atoms with Crippen LogP contribution in [0.1, 0.15) is 16.1 Å². The van der Waals surface area contributed by atoms with E-state index in [9.17, 15) is 4.79 Å². The number of anilines is 1. The molecule has 2 heterocycles. The lowest BCUT2D eigenvalue weighted by molar-refractivity contribution is 0.102. The van der Waals surface area contributed by atoms with Gasteiger partial charge in [-0.05, 0) is 37.3 Å². The van der Waals surface area contributed by atoms with E-state index in [0.29, 0.717) is 17.0 Å². The standard InChI is InChI=1S/C16H15N3O2/c1-11-9-19-10-13(6-7-15(19)17-11)18-16(20)12-4-3-5-14(8-12)21-2/h3-10H,1-2H3,(H,18,20). The van der Waals surface area contributed by atoms with E-state index in [2.05, 4.69) is 10.3 Å². The number of imidazole rings is 1. The van der Waals surface area contributed by atoms with Gasteiger partial charge in [-0.15, -0.1) is 0 Å². The number of rotatable bonds is 3. The van der Waals surface area contributed by atoms with Crippen molar-refractivity contribution in [2.45, 2.75) is 6.92 Å². The number of amides is 1. The highest BCUT2D eigenvalue weighted by Crippen LogP contribution is 2.16. The van der Waals surface area contributed by atoms with E-state index in [1.165, 1.54) is 0 Å². The molecule has 0 unspecified atom stereocenters. The number of ether oxygens (including phenoxy) is 1. The van der Waals surface area contributed by atoms with Crippen LogP contribution >= 0.6 is 0 Å². The molecule has 0 saturated carbocycles. The van der Waals surface area contributed by atoms with Gasteiger partial charge in [-0.2, -0.15) is 0 Å². The molecule has 0 spiro atoms. The minimum Gasteiger partial charge on any atom is -0.497 e. The number of nitrogens with one attached hydrogen (secondary N) is 1. The fourth-order valence-corrected chi connectivity index (χ4v) is 2.16. The van der Waals surface area contributed by atoms with Gasteiger partial charge < -0.3 is 14.5 Å². The van der Waals surface area contributed by atoms with Crippen LogP contribution in [-0.2, 0) is 0 Å². The number of aryl methyl sites for hydroxylation is 1. The van der Waals surface area contributed by atoms with E-state index in [4.69, 9.17) is 4.74 Å². The Morgan fingerprint density at radius 3 is 2.90 bits per heavy atom. The van der Waals surface area contributed by atoms with Gasteiger partial charge in [0, 0.05) is 18.0 Å². The maximum absolute atomic E-state index is 12.2. The molecule has 0 fully saturated rings. The molecule has 0 radical (unpaired) electrons. The Morgan fingerprint density at radius 2 is 2.10 bits per heavy atom. The van der Waals surface area contributed by atoms with E-state index in [1.54, 1.807) is 31.4 Å². The molecule has 0 saturated heterocycles. The zero-order valence-electron chi connectivity index (χ0n) is 11.8. The Balaban J connectivity index is 1.84. The van der Waals surface area contributed by atoms with E-state index in [0.717, 1.165) is 11.3 Å². The summed E-state index contributed by atoms with van der Waals surface area (Å²) in [4.78, 5) is 16.6. The molecule has 1 aromatic carbocycles. The smallest absolute Gasteiger partial charge is 0.255 e. The molecular formula is C16H15N3O2. The van der Waals surface area contributed by atoms with Gasteiger partial charge in [-0.1, -0.05) is 6.07 Å². The number of carbonyl (C=O) groups excluding carboxylic acids is 1. The fraction of sp³-hybridized carbons (Fsp3) is 0.125. The molecule has 0 bridgehead atoms. The summed E-state index contributed by atoms with van der Waals surface area (Å²) in [6.07, 6.45) is 3.75. The molecule has 21 heavy (non-hydrogen) atoms. The van der Waals surface area contributed by atoms with Gasteiger partial charge in [0.15, 0.2) is 0 Å². The Labute approximate surface area is 122 Å². The highest BCUT2D eigenvalue weighted by Gasteiger charge is 2.08. The number of methoxy groups -OCH3 is 1. The van der Waals surface area contributed by atoms with Crippen LogP contribution in [-0.4, -0.2) is 22.4 Å². The third-order valence-electron chi connectivity index (χ3n) is 3.16. The van der Waals surface area contributed by atoms with Crippen LogP contribution in [0.15, 0.2) is 48.8 Å². The van der Waals surface area contributed by atoms with E-state index in [-0.39, 0.29) is 5.91 Å². The Hall–Kier alpha value is -2.82. The molecule has 3 aromatic rings. The first-order chi connectivity index (χ1) is 10.2. The van der Waals surface area contributed by atoms with Gasteiger partial charge in [0.25, 0.3) is 5.91 Å². The summed E-state index contributed by atoms with van der Waals surface area (Å²) in [6, 6.07) is 10.7. The van der Waals surface area contributed by atoms with Crippen LogP contribution in [0.25, 0.3) is 5.65 Å². The molecule has 0 aliphatic carbocycles. The first kappa shape index (κ1) is 13.2. The lowest BCUT2D eigenvalue weighted by Crippen LogP contribution is -2.12. The summed E-state index contributed by atoms with van der Waals surface area (Å²) in [5, 5.41) is 2.87. The number of benzene rings is 1. The number of hydrogen-bond acceptors (Lipinski definition) is 3. The Morgan fingerprint density at radius 1 is 1.24 bits per heavy atom. The van der Waals surface area contributed by atoms with Crippen molar-refractivity contribution in [3.05, 3.63) is 60.0 Å². The SMILES string of the molecule is COc1cccc(C(=O)Nc2ccc3nc(C)cn3c2)c1.